The zero-order chi connectivity index (χ0) is 18.5. The summed E-state index contributed by atoms with van der Waals surface area (Å²) < 4.78 is 4.79. The van der Waals surface area contributed by atoms with Crippen LogP contribution >= 0.6 is 0 Å². The Labute approximate surface area is 155 Å². The number of methoxy groups -OCH3 is 1. The van der Waals surface area contributed by atoms with Crippen molar-refractivity contribution in [3.63, 3.8) is 0 Å². The molecule has 4 aromatic rings. The molecule has 27 heavy (non-hydrogen) atoms. The van der Waals surface area contributed by atoms with Crippen molar-refractivity contribution in [1.82, 2.24) is 9.97 Å². The van der Waals surface area contributed by atoms with Crippen LogP contribution < -0.4 is 0 Å². The highest BCUT2D eigenvalue weighted by Gasteiger charge is 2.25. The summed E-state index contributed by atoms with van der Waals surface area (Å²) in [6, 6.07) is 18.9. The van der Waals surface area contributed by atoms with Crippen molar-refractivity contribution < 1.29 is 9.53 Å². The third kappa shape index (κ3) is 2.29. The van der Waals surface area contributed by atoms with E-state index >= 15 is 0 Å². The van der Waals surface area contributed by atoms with Crippen LogP contribution in [0, 0.1) is 0 Å². The van der Waals surface area contributed by atoms with E-state index in [-0.39, 0.29) is 12.0 Å². The van der Waals surface area contributed by atoms with Crippen LogP contribution in [0.2, 0.25) is 0 Å². The van der Waals surface area contributed by atoms with E-state index in [4.69, 9.17) is 15.5 Å². The van der Waals surface area contributed by atoms with Crippen LogP contribution in [-0.2, 0) is 4.74 Å². The van der Waals surface area contributed by atoms with Crippen LogP contribution in [0.25, 0.3) is 39.3 Å². The summed E-state index contributed by atoms with van der Waals surface area (Å²) in [5.41, 5.74) is 15.7. The minimum Gasteiger partial charge on any atom is -0.667 e. The molecule has 5 heteroatoms. The number of benzene rings is 3. The summed E-state index contributed by atoms with van der Waals surface area (Å²) in [4.78, 5) is 19.8. The second-order valence-electron chi connectivity index (χ2n) is 6.60. The fourth-order valence-corrected chi connectivity index (χ4v) is 3.83. The molecule has 1 aliphatic carbocycles. The summed E-state index contributed by atoms with van der Waals surface area (Å²) in [5, 5.41) is 0. The fourth-order valence-electron chi connectivity index (χ4n) is 3.83. The van der Waals surface area contributed by atoms with Crippen LogP contribution in [0.4, 0.5) is 0 Å². The third-order valence-electron chi connectivity index (χ3n) is 5.11. The lowest BCUT2D eigenvalue weighted by Crippen LogP contribution is -2.00. The van der Waals surface area contributed by atoms with Gasteiger partial charge in [0.05, 0.1) is 23.7 Å². The van der Waals surface area contributed by atoms with Crippen LogP contribution in [0.5, 0.6) is 0 Å². The zero-order valence-electron chi connectivity index (χ0n) is 14.6. The molecule has 0 spiro atoms. The third-order valence-corrected chi connectivity index (χ3v) is 5.11. The smallest absolute Gasteiger partial charge is 0.337 e. The number of hydrogen-bond acceptors (Lipinski definition) is 3. The normalized spacial score (nSPS) is 14.8. The number of nitrogens with one attached hydrogen (secondary N) is 2. The Morgan fingerprint density at radius 2 is 1.81 bits per heavy atom. The molecule has 1 aromatic heterocycles. The SMILES string of the molecule is COC(=O)c1ccc2nc(-c3cccc4c3-c3ccccc3C4[NH-])[nH]c2c1. The van der Waals surface area contributed by atoms with Crippen molar-refractivity contribution in [2.75, 3.05) is 7.11 Å². The molecule has 0 amide bonds. The molecule has 1 unspecified atom stereocenters. The minimum absolute atomic E-state index is 0.375. The lowest BCUT2D eigenvalue weighted by Gasteiger charge is -2.16. The van der Waals surface area contributed by atoms with Crippen LogP contribution in [-0.4, -0.2) is 23.0 Å². The van der Waals surface area contributed by atoms with Gasteiger partial charge in [-0.25, -0.2) is 9.78 Å². The van der Waals surface area contributed by atoms with Crippen LogP contribution in [0.3, 0.4) is 0 Å². The number of aromatic amines is 1. The predicted octanol–water partition coefficient (Wildman–Crippen LogP) is 5.14. The van der Waals surface area contributed by atoms with E-state index in [1.54, 1.807) is 12.1 Å². The molecule has 0 saturated carbocycles. The van der Waals surface area contributed by atoms with Crippen molar-refractivity contribution in [1.29, 1.82) is 0 Å². The number of esters is 1. The number of carbonyl (C=O) groups excluding carboxylic acids is 1. The first-order valence-electron chi connectivity index (χ1n) is 8.69. The van der Waals surface area contributed by atoms with Crippen LogP contribution in [0.1, 0.15) is 27.5 Å². The number of hydrogen-bond donors (Lipinski definition) is 1. The maximum atomic E-state index is 11.8. The molecule has 0 saturated heterocycles. The Hall–Kier alpha value is -3.44. The lowest BCUT2D eigenvalue weighted by molar-refractivity contribution is 0.0601. The van der Waals surface area contributed by atoms with Gasteiger partial charge in [-0.15, -0.1) is 0 Å². The second-order valence-corrected chi connectivity index (χ2v) is 6.60. The van der Waals surface area contributed by atoms with E-state index in [0.29, 0.717) is 5.56 Å². The Morgan fingerprint density at radius 1 is 1.04 bits per heavy atom. The Kier molecular flexibility index (Phi) is 3.39. The topological polar surface area (TPSA) is 78.8 Å². The van der Waals surface area contributed by atoms with Crippen molar-refractivity contribution in [3.05, 3.63) is 83.1 Å². The molecule has 5 nitrogen and oxygen atoms in total. The molecule has 3 aromatic carbocycles. The van der Waals surface area contributed by atoms with E-state index in [2.05, 4.69) is 11.1 Å². The minimum atomic E-state index is -0.383. The molecule has 0 aliphatic heterocycles. The molecule has 5 rings (SSSR count). The van der Waals surface area contributed by atoms with Gasteiger partial charge in [0.1, 0.15) is 5.82 Å². The highest BCUT2D eigenvalue weighted by atomic mass is 16.5. The molecule has 0 radical (unpaired) electrons. The molecule has 132 valence electrons. The molecule has 1 aliphatic rings. The number of aromatic nitrogens is 2. The number of fused-ring (bicyclic) bond motifs is 4. The maximum Gasteiger partial charge on any atom is 0.337 e. The van der Waals surface area contributed by atoms with Gasteiger partial charge >= 0.3 is 5.97 Å². The predicted molar refractivity (Wildman–Crippen MR) is 104 cm³/mol. The first-order valence-corrected chi connectivity index (χ1v) is 8.69. The number of nitrogens with zero attached hydrogens (tertiary/aromatic N) is 1. The van der Waals surface area contributed by atoms with Crippen molar-refractivity contribution >= 4 is 17.0 Å². The summed E-state index contributed by atoms with van der Waals surface area (Å²) >= 11 is 0. The average Bonchev–Trinajstić information content (AvgIpc) is 3.27. The molecule has 0 fully saturated rings. The maximum absolute atomic E-state index is 11.8. The Balaban J connectivity index is 1.71. The Bertz CT molecular complexity index is 1210. The van der Waals surface area contributed by atoms with Gasteiger partial charge < -0.3 is 15.5 Å². The summed E-state index contributed by atoms with van der Waals surface area (Å²) in [7, 11) is 1.37. The largest absolute Gasteiger partial charge is 0.667 e. The van der Waals surface area contributed by atoms with Gasteiger partial charge in [0.25, 0.3) is 0 Å². The molecule has 1 heterocycles. The summed E-state index contributed by atoms with van der Waals surface area (Å²) in [6.45, 7) is 0. The van der Waals surface area contributed by atoms with Gasteiger partial charge in [0.2, 0.25) is 0 Å². The van der Waals surface area contributed by atoms with Crippen LogP contribution in [0.15, 0.2) is 60.7 Å². The first kappa shape index (κ1) is 15.8. The van der Waals surface area contributed by atoms with E-state index in [9.17, 15) is 4.79 Å². The van der Waals surface area contributed by atoms with Crippen molar-refractivity contribution in [3.8, 4) is 22.5 Å². The highest BCUT2D eigenvalue weighted by Crippen LogP contribution is 2.48. The van der Waals surface area contributed by atoms with Gasteiger partial charge in [0.15, 0.2) is 0 Å². The second kappa shape index (κ2) is 5.79. The monoisotopic (exact) mass is 354 g/mol. The molecule has 0 bridgehead atoms. The van der Waals surface area contributed by atoms with Gasteiger partial charge in [-0.3, -0.25) is 0 Å². The summed E-state index contributed by atoms with van der Waals surface area (Å²) in [5.74, 6) is 0.354. The molecular formula is C22H16N3O2-. The highest BCUT2D eigenvalue weighted by molar-refractivity contribution is 5.95. The van der Waals surface area contributed by atoms with Crippen molar-refractivity contribution in [2.24, 2.45) is 0 Å². The van der Waals surface area contributed by atoms with Gasteiger partial charge in [-0.05, 0) is 29.3 Å². The van der Waals surface area contributed by atoms with E-state index in [0.717, 1.165) is 44.7 Å². The number of H-pyrrole nitrogens is 1. The van der Waals surface area contributed by atoms with Crippen molar-refractivity contribution in [2.45, 2.75) is 6.04 Å². The van der Waals surface area contributed by atoms with E-state index in [1.165, 1.54) is 7.11 Å². The summed E-state index contributed by atoms with van der Waals surface area (Å²) in [6.07, 6.45) is 0. The van der Waals surface area contributed by atoms with Gasteiger partial charge in [-0.1, -0.05) is 59.6 Å². The number of ether oxygens (including phenoxy) is 1. The van der Waals surface area contributed by atoms with E-state index in [1.807, 2.05) is 42.5 Å². The number of imidazole rings is 1. The number of rotatable bonds is 2. The zero-order valence-corrected chi connectivity index (χ0v) is 14.6. The van der Waals surface area contributed by atoms with E-state index < -0.39 is 0 Å². The molecular weight excluding hydrogens is 338 g/mol. The first-order chi connectivity index (χ1) is 13.2. The molecule has 1 atom stereocenters. The average molecular weight is 354 g/mol. The quantitative estimate of drug-likeness (QED) is 0.506. The Morgan fingerprint density at radius 3 is 2.67 bits per heavy atom. The number of carbonyl (C=O) groups is 1. The fraction of sp³-hybridized carbons (Fsp3) is 0.0909. The lowest BCUT2D eigenvalue weighted by atomic mass is 9.99. The standard InChI is InChI=1S/C22H16N3O2/c1-27-22(26)12-9-10-17-18(11-12)25-21(24-17)16-8-4-7-15-19(16)13-5-2-3-6-14(13)20(15)23/h2-11,20,23H,1H3,(H,24,25)/q-1. The van der Waals surface area contributed by atoms with Gasteiger partial charge in [-0.2, -0.15) is 0 Å². The molecule has 2 N–H and O–H groups in total. The van der Waals surface area contributed by atoms with Gasteiger partial charge in [0, 0.05) is 5.56 Å².